The quantitative estimate of drug-likeness (QED) is 0.333. The van der Waals surface area contributed by atoms with Crippen molar-refractivity contribution < 1.29 is 22.7 Å². The van der Waals surface area contributed by atoms with E-state index in [1.54, 1.807) is 47.4 Å². The smallest absolute Gasteiger partial charge is 0.243 e. The minimum atomic E-state index is -3.60. The Labute approximate surface area is 241 Å². The van der Waals surface area contributed by atoms with E-state index in [-0.39, 0.29) is 43.8 Å². The number of methoxy groups -OCH3 is 1. The number of carbonyl (C=O) groups is 2. The van der Waals surface area contributed by atoms with Gasteiger partial charge < -0.3 is 15.0 Å². The van der Waals surface area contributed by atoms with Crippen LogP contribution in [0.3, 0.4) is 0 Å². The molecular formula is C28H37Cl2N3O5S. The van der Waals surface area contributed by atoms with E-state index in [0.717, 1.165) is 37.5 Å². The summed E-state index contributed by atoms with van der Waals surface area (Å²) >= 11 is 12.3. The van der Waals surface area contributed by atoms with Crippen LogP contribution in [0.2, 0.25) is 10.0 Å². The van der Waals surface area contributed by atoms with E-state index in [1.807, 2.05) is 6.92 Å². The summed E-state index contributed by atoms with van der Waals surface area (Å²) in [7, 11) is -2.09. The molecule has 1 unspecified atom stereocenters. The largest absolute Gasteiger partial charge is 0.497 e. The second kappa shape index (κ2) is 14.2. The van der Waals surface area contributed by atoms with Gasteiger partial charge in [-0.1, -0.05) is 55.1 Å². The van der Waals surface area contributed by atoms with E-state index in [1.165, 1.54) is 11.4 Å². The molecule has 0 aromatic heterocycles. The number of amides is 2. The third-order valence-electron chi connectivity index (χ3n) is 6.92. The molecule has 3 rings (SSSR count). The van der Waals surface area contributed by atoms with Gasteiger partial charge in [-0.3, -0.25) is 13.9 Å². The molecule has 1 aliphatic carbocycles. The van der Waals surface area contributed by atoms with Gasteiger partial charge in [0.1, 0.15) is 11.8 Å². The van der Waals surface area contributed by atoms with Crippen molar-refractivity contribution in [2.75, 3.05) is 24.2 Å². The average molecular weight is 599 g/mol. The van der Waals surface area contributed by atoms with Crippen LogP contribution >= 0.6 is 23.2 Å². The lowest BCUT2D eigenvalue weighted by Gasteiger charge is -2.32. The lowest BCUT2D eigenvalue weighted by molar-refractivity contribution is -0.141. The second-order valence-electron chi connectivity index (χ2n) is 9.82. The van der Waals surface area contributed by atoms with E-state index in [4.69, 9.17) is 27.9 Å². The van der Waals surface area contributed by atoms with E-state index >= 15 is 0 Å². The summed E-state index contributed by atoms with van der Waals surface area (Å²) < 4.78 is 31.6. The van der Waals surface area contributed by atoms with Crippen LogP contribution in [0.1, 0.15) is 57.4 Å². The van der Waals surface area contributed by atoms with Crippen LogP contribution < -0.4 is 14.4 Å². The standard InChI is InChI=1S/C28H37Cl2N3O5S/c1-4-26(28(35)31-21-9-5-6-10-21)32(19-20-14-15-24(29)25(30)17-20)27(34)13-8-16-33(39(3,36)37)22-11-7-12-23(18-22)38-2/h7,11-12,14-15,17-18,21,26H,4-6,8-10,13,16,19H2,1-3H3,(H,31,35). The number of hydrogen-bond donors (Lipinski definition) is 1. The van der Waals surface area contributed by atoms with Crippen molar-refractivity contribution in [3.05, 3.63) is 58.1 Å². The minimum Gasteiger partial charge on any atom is -0.497 e. The van der Waals surface area contributed by atoms with Gasteiger partial charge in [-0.05, 0) is 55.5 Å². The van der Waals surface area contributed by atoms with Crippen molar-refractivity contribution in [2.24, 2.45) is 0 Å². The van der Waals surface area contributed by atoms with Crippen LogP contribution in [0, 0.1) is 0 Å². The fraction of sp³-hybridized carbons (Fsp3) is 0.500. The Morgan fingerprint density at radius 3 is 2.44 bits per heavy atom. The minimum absolute atomic E-state index is 0.0600. The molecule has 1 aliphatic rings. The average Bonchev–Trinajstić information content (AvgIpc) is 3.40. The molecule has 0 radical (unpaired) electrons. The highest BCUT2D eigenvalue weighted by molar-refractivity contribution is 7.92. The fourth-order valence-electron chi connectivity index (χ4n) is 4.89. The zero-order valence-corrected chi connectivity index (χ0v) is 25.0. The molecule has 8 nitrogen and oxygen atoms in total. The van der Waals surface area contributed by atoms with Crippen molar-refractivity contribution in [1.29, 1.82) is 0 Å². The summed E-state index contributed by atoms with van der Waals surface area (Å²) in [5.74, 6) is 0.115. The van der Waals surface area contributed by atoms with Crippen molar-refractivity contribution in [2.45, 2.75) is 70.5 Å². The molecule has 39 heavy (non-hydrogen) atoms. The molecule has 2 aromatic carbocycles. The van der Waals surface area contributed by atoms with Crippen LogP contribution in [-0.4, -0.2) is 57.1 Å². The van der Waals surface area contributed by atoms with Crippen LogP contribution in [0.25, 0.3) is 0 Å². The normalized spacial score (nSPS) is 14.6. The number of hydrogen-bond acceptors (Lipinski definition) is 5. The number of halogens is 2. The molecule has 1 atom stereocenters. The first-order valence-electron chi connectivity index (χ1n) is 13.2. The summed E-state index contributed by atoms with van der Waals surface area (Å²) in [6, 6.07) is 11.4. The van der Waals surface area contributed by atoms with Crippen molar-refractivity contribution in [3.63, 3.8) is 0 Å². The first-order chi connectivity index (χ1) is 18.5. The molecule has 0 spiro atoms. The number of ether oxygens (including phenoxy) is 1. The maximum absolute atomic E-state index is 13.6. The summed E-state index contributed by atoms with van der Waals surface area (Å²) in [5.41, 5.74) is 1.21. The highest BCUT2D eigenvalue weighted by atomic mass is 35.5. The summed E-state index contributed by atoms with van der Waals surface area (Å²) in [6.45, 7) is 2.16. The zero-order valence-electron chi connectivity index (χ0n) is 22.7. The Morgan fingerprint density at radius 2 is 1.82 bits per heavy atom. The Hall–Kier alpha value is -2.49. The molecule has 0 saturated heterocycles. The molecule has 1 fully saturated rings. The first kappa shape index (κ1) is 31.0. The van der Waals surface area contributed by atoms with Crippen LogP contribution in [0.5, 0.6) is 5.75 Å². The van der Waals surface area contributed by atoms with Crippen LogP contribution in [0.4, 0.5) is 5.69 Å². The molecule has 0 bridgehead atoms. The lowest BCUT2D eigenvalue weighted by Crippen LogP contribution is -2.51. The monoisotopic (exact) mass is 597 g/mol. The molecule has 1 N–H and O–H groups in total. The number of carbonyl (C=O) groups excluding carboxylic acids is 2. The number of sulfonamides is 1. The second-order valence-corrected chi connectivity index (χ2v) is 12.5. The molecule has 11 heteroatoms. The molecule has 214 valence electrons. The molecule has 0 heterocycles. The lowest BCUT2D eigenvalue weighted by atomic mass is 10.1. The topological polar surface area (TPSA) is 96.0 Å². The Morgan fingerprint density at radius 1 is 1.10 bits per heavy atom. The maximum Gasteiger partial charge on any atom is 0.243 e. The number of nitrogens with zero attached hydrogens (tertiary/aromatic N) is 2. The first-order valence-corrected chi connectivity index (χ1v) is 15.8. The van der Waals surface area contributed by atoms with Gasteiger partial charge in [-0.25, -0.2) is 8.42 Å². The number of nitrogens with one attached hydrogen (secondary N) is 1. The number of benzene rings is 2. The van der Waals surface area contributed by atoms with E-state index < -0.39 is 16.1 Å². The van der Waals surface area contributed by atoms with Gasteiger partial charge in [-0.2, -0.15) is 0 Å². The summed E-state index contributed by atoms with van der Waals surface area (Å²) in [4.78, 5) is 28.5. The fourth-order valence-corrected chi connectivity index (χ4v) is 6.17. The Balaban J connectivity index is 1.78. The third kappa shape index (κ3) is 8.75. The van der Waals surface area contributed by atoms with Crippen molar-refractivity contribution in [3.8, 4) is 5.75 Å². The predicted molar refractivity (Wildman–Crippen MR) is 156 cm³/mol. The summed E-state index contributed by atoms with van der Waals surface area (Å²) in [6.07, 6.45) is 5.93. The molecule has 2 amide bonds. The highest BCUT2D eigenvalue weighted by Gasteiger charge is 2.31. The highest BCUT2D eigenvalue weighted by Crippen LogP contribution is 2.26. The number of rotatable bonds is 13. The van der Waals surface area contributed by atoms with E-state index in [2.05, 4.69) is 5.32 Å². The Bertz CT molecular complexity index is 1250. The van der Waals surface area contributed by atoms with Gasteiger partial charge in [0, 0.05) is 31.6 Å². The third-order valence-corrected chi connectivity index (χ3v) is 8.85. The predicted octanol–water partition coefficient (Wildman–Crippen LogP) is 5.41. The van der Waals surface area contributed by atoms with Gasteiger partial charge in [0.15, 0.2) is 0 Å². The zero-order chi connectivity index (χ0) is 28.6. The van der Waals surface area contributed by atoms with Gasteiger partial charge >= 0.3 is 0 Å². The summed E-state index contributed by atoms with van der Waals surface area (Å²) in [5, 5.41) is 3.89. The van der Waals surface area contributed by atoms with Crippen LogP contribution in [0.15, 0.2) is 42.5 Å². The van der Waals surface area contributed by atoms with Gasteiger partial charge in [0.05, 0.1) is 29.1 Å². The SMILES string of the molecule is CCC(C(=O)NC1CCCC1)N(Cc1ccc(Cl)c(Cl)c1)C(=O)CCCN(c1cccc(OC)c1)S(C)(=O)=O. The number of anilines is 1. The molecule has 2 aromatic rings. The van der Waals surface area contributed by atoms with Gasteiger partial charge in [0.25, 0.3) is 0 Å². The van der Waals surface area contributed by atoms with Gasteiger partial charge in [0.2, 0.25) is 21.8 Å². The molecule has 0 aliphatic heterocycles. The molecule has 1 saturated carbocycles. The van der Waals surface area contributed by atoms with E-state index in [0.29, 0.717) is 27.9 Å². The van der Waals surface area contributed by atoms with Gasteiger partial charge in [-0.15, -0.1) is 0 Å². The maximum atomic E-state index is 13.6. The van der Waals surface area contributed by atoms with Crippen LogP contribution in [-0.2, 0) is 26.2 Å². The van der Waals surface area contributed by atoms with Crippen molar-refractivity contribution >= 4 is 50.7 Å². The van der Waals surface area contributed by atoms with E-state index in [9.17, 15) is 18.0 Å². The Kier molecular flexibility index (Phi) is 11.3. The molecular weight excluding hydrogens is 561 g/mol. The van der Waals surface area contributed by atoms with Crippen molar-refractivity contribution in [1.82, 2.24) is 10.2 Å².